The third kappa shape index (κ3) is 2.84. The zero-order valence-electron chi connectivity index (χ0n) is 11.9. The van der Waals surface area contributed by atoms with Crippen LogP contribution in [0.3, 0.4) is 0 Å². The summed E-state index contributed by atoms with van der Waals surface area (Å²) in [4.78, 5) is 16.9. The monoisotopic (exact) mass is 310 g/mol. The molecule has 4 nitrogen and oxygen atoms in total. The summed E-state index contributed by atoms with van der Waals surface area (Å²) in [5, 5.41) is 12.6. The molecule has 2 N–H and O–H groups in total. The van der Waals surface area contributed by atoms with Gasteiger partial charge in [0.05, 0.1) is 16.3 Å². The number of nitrogens with zero attached hydrogens (tertiary/aromatic N) is 1. The summed E-state index contributed by atoms with van der Waals surface area (Å²) >= 11 is 1.22. The number of aromatic nitrogens is 1. The lowest BCUT2D eigenvalue weighted by atomic mass is 10.2. The van der Waals surface area contributed by atoms with Crippen molar-refractivity contribution in [1.29, 1.82) is 0 Å². The molecule has 0 bridgehead atoms. The highest BCUT2D eigenvalue weighted by molar-refractivity contribution is 7.17. The number of carboxylic acids is 1. The molecule has 0 aliphatic heterocycles. The summed E-state index contributed by atoms with van der Waals surface area (Å²) in [5.41, 5.74) is 3.32. The Hall–Kier alpha value is -2.66. The minimum absolute atomic E-state index is 0.281. The fraction of sp³-hybridized carbons (Fsp3) is 0.0588. The van der Waals surface area contributed by atoms with E-state index in [0.29, 0.717) is 5.69 Å². The number of rotatable bonds is 4. The van der Waals surface area contributed by atoms with Gasteiger partial charge in [-0.2, -0.15) is 0 Å². The molecule has 0 fully saturated rings. The maximum Gasteiger partial charge on any atom is 0.348 e. The highest BCUT2D eigenvalue weighted by atomic mass is 32.1. The summed E-state index contributed by atoms with van der Waals surface area (Å²) in [5.74, 6) is -0.941. The largest absolute Gasteiger partial charge is 0.477 e. The molecule has 22 heavy (non-hydrogen) atoms. The Labute approximate surface area is 132 Å². The molecular weight excluding hydrogens is 296 g/mol. The van der Waals surface area contributed by atoms with Gasteiger partial charge in [-0.1, -0.05) is 24.3 Å². The predicted octanol–water partition coefficient (Wildman–Crippen LogP) is 4.56. The van der Waals surface area contributed by atoms with Crippen molar-refractivity contribution in [2.45, 2.75) is 6.92 Å². The Kier molecular flexibility index (Phi) is 3.89. The Morgan fingerprint density at radius 1 is 1.14 bits per heavy atom. The highest BCUT2D eigenvalue weighted by Gasteiger charge is 2.17. The van der Waals surface area contributed by atoms with Crippen molar-refractivity contribution in [3.8, 4) is 10.6 Å². The predicted molar refractivity (Wildman–Crippen MR) is 89.0 cm³/mol. The Balaban J connectivity index is 2.02. The van der Waals surface area contributed by atoms with Gasteiger partial charge in [-0.05, 0) is 36.8 Å². The quantitative estimate of drug-likeness (QED) is 0.741. The van der Waals surface area contributed by atoms with E-state index in [4.69, 9.17) is 0 Å². The molecule has 1 aromatic carbocycles. The SMILES string of the molecule is Cc1ccccc1Nc1cc(-c2ccccn2)sc1C(=O)O. The number of nitrogens with one attached hydrogen (secondary N) is 1. The number of anilines is 2. The second-order valence-corrected chi connectivity index (χ2v) is 5.87. The van der Waals surface area contributed by atoms with Gasteiger partial charge in [-0.3, -0.25) is 4.98 Å². The molecular formula is C17H14N2O2S. The molecule has 0 radical (unpaired) electrons. The van der Waals surface area contributed by atoms with Crippen LogP contribution >= 0.6 is 11.3 Å². The summed E-state index contributed by atoms with van der Waals surface area (Å²) in [6, 6.07) is 15.2. The second kappa shape index (κ2) is 5.99. The average molecular weight is 310 g/mol. The first-order chi connectivity index (χ1) is 10.6. The molecule has 0 unspecified atom stereocenters. The molecule has 3 aromatic rings. The van der Waals surface area contributed by atoms with Crippen LogP contribution in [0.1, 0.15) is 15.2 Å². The lowest BCUT2D eigenvalue weighted by Gasteiger charge is -2.08. The van der Waals surface area contributed by atoms with Gasteiger partial charge in [0.15, 0.2) is 0 Å². The maximum atomic E-state index is 11.5. The molecule has 0 spiro atoms. The van der Waals surface area contributed by atoms with Gasteiger partial charge in [0.1, 0.15) is 4.88 Å². The molecule has 0 amide bonds. The van der Waals surface area contributed by atoms with Crippen molar-refractivity contribution in [2.24, 2.45) is 0 Å². The highest BCUT2D eigenvalue weighted by Crippen LogP contribution is 2.35. The summed E-state index contributed by atoms with van der Waals surface area (Å²) in [6.45, 7) is 1.98. The fourth-order valence-electron chi connectivity index (χ4n) is 2.14. The zero-order valence-corrected chi connectivity index (χ0v) is 12.7. The van der Waals surface area contributed by atoms with Gasteiger partial charge in [0, 0.05) is 11.9 Å². The summed E-state index contributed by atoms with van der Waals surface area (Å²) in [6.07, 6.45) is 1.70. The number of carboxylic acid groups (broad SMARTS) is 1. The minimum atomic E-state index is -0.941. The van der Waals surface area contributed by atoms with Crippen LogP contribution in [0.2, 0.25) is 0 Å². The molecule has 3 rings (SSSR count). The third-order valence-corrected chi connectivity index (χ3v) is 4.40. The van der Waals surface area contributed by atoms with Crippen LogP contribution < -0.4 is 5.32 Å². The van der Waals surface area contributed by atoms with Crippen molar-refractivity contribution >= 4 is 28.7 Å². The van der Waals surface area contributed by atoms with Crippen molar-refractivity contribution in [3.63, 3.8) is 0 Å². The van der Waals surface area contributed by atoms with Crippen LogP contribution in [-0.2, 0) is 0 Å². The number of pyridine rings is 1. The van der Waals surface area contributed by atoms with Crippen LogP contribution in [0.25, 0.3) is 10.6 Å². The molecule has 0 aliphatic rings. The molecule has 0 atom stereocenters. The van der Waals surface area contributed by atoms with E-state index < -0.39 is 5.97 Å². The number of hydrogen-bond donors (Lipinski definition) is 2. The molecule has 2 aromatic heterocycles. The fourth-order valence-corrected chi connectivity index (χ4v) is 3.06. The van der Waals surface area contributed by atoms with Crippen molar-refractivity contribution in [1.82, 2.24) is 4.98 Å². The van der Waals surface area contributed by atoms with Crippen LogP contribution in [0.15, 0.2) is 54.7 Å². The zero-order chi connectivity index (χ0) is 15.5. The lowest BCUT2D eigenvalue weighted by molar-refractivity contribution is 0.0703. The van der Waals surface area contributed by atoms with Crippen molar-refractivity contribution in [3.05, 3.63) is 65.2 Å². The normalized spacial score (nSPS) is 10.4. The second-order valence-electron chi connectivity index (χ2n) is 4.81. The molecule has 110 valence electrons. The van der Waals surface area contributed by atoms with Crippen LogP contribution in [0, 0.1) is 6.92 Å². The number of thiophene rings is 1. The molecule has 0 aliphatic carbocycles. The first kappa shape index (κ1) is 14.3. The molecule has 0 saturated heterocycles. The number of para-hydroxylation sites is 1. The Morgan fingerprint density at radius 3 is 2.59 bits per heavy atom. The van der Waals surface area contributed by atoms with E-state index in [0.717, 1.165) is 21.8 Å². The number of benzene rings is 1. The van der Waals surface area contributed by atoms with E-state index in [2.05, 4.69) is 10.3 Å². The van der Waals surface area contributed by atoms with Crippen molar-refractivity contribution < 1.29 is 9.90 Å². The van der Waals surface area contributed by atoms with Gasteiger partial charge in [-0.25, -0.2) is 4.79 Å². The topological polar surface area (TPSA) is 62.2 Å². The van der Waals surface area contributed by atoms with E-state index in [-0.39, 0.29) is 4.88 Å². The van der Waals surface area contributed by atoms with Crippen molar-refractivity contribution in [2.75, 3.05) is 5.32 Å². The Morgan fingerprint density at radius 2 is 1.91 bits per heavy atom. The standard InChI is InChI=1S/C17H14N2O2S/c1-11-6-2-3-7-12(11)19-14-10-15(22-16(14)17(20)21)13-8-4-5-9-18-13/h2-10,19H,1H3,(H,20,21). The van der Waals surface area contributed by atoms with Crippen LogP contribution in [0.4, 0.5) is 11.4 Å². The van der Waals surface area contributed by atoms with Gasteiger partial charge in [0.25, 0.3) is 0 Å². The summed E-state index contributed by atoms with van der Waals surface area (Å²) in [7, 11) is 0. The maximum absolute atomic E-state index is 11.5. The average Bonchev–Trinajstić information content (AvgIpc) is 2.95. The Bertz CT molecular complexity index is 813. The summed E-state index contributed by atoms with van der Waals surface area (Å²) < 4.78 is 0. The number of aryl methyl sites for hydroxylation is 1. The number of aromatic carboxylic acids is 1. The van der Waals surface area contributed by atoms with Gasteiger partial charge in [0.2, 0.25) is 0 Å². The smallest absolute Gasteiger partial charge is 0.348 e. The lowest BCUT2D eigenvalue weighted by Crippen LogP contribution is -1.99. The molecule has 5 heteroatoms. The van der Waals surface area contributed by atoms with Gasteiger partial charge < -0.3 is 10.4 Å². The van der Waals surface area contributed by atoms with E-state index in [1.165, 1.54) is 11.3 Å². The molecule has 2 heterocycles. The molecule has 0 saturated carbocycles. The first-order valence-corrected chi connectivity index (χ1v) is 7.58. The van der Waals surface area contributed by atoms with Gasteiger partial charge in [-0.15, -0.1) is 11.3 Å². The van der Waals surface area contributed by atoms with Gasteiger partial charge >= 0.3 is 5.97 Å². The van der Waals surface area contributed by atoms with E-state index >= 15 is 0 Å². The number of carbonyl (C=O) groups is 1. The van der Waals surface area contributed by atoms with E-state index in [1.807, 2.05) is 55.5 Å². The third-order valence-electron chi connectivity index (χ3n) is 3.26. The van der Waals surface area contributed by atoms with E-state index in [1.54, 1.807) is 6.20 Å². The first-order valence-electron chi connectivity index (χ1n) is 6.76. The van der Waals surface area contributed by atoms with Crippen LogP contribution in [-0.4, -0.2) is 16.1 Å². The van der Waals surface area contributed by atoms with Crippen LogP contribution in [0.5, 0.6) is 0 Å². The van der Waals surface area contributed by atoms with E-state index in [9.17, 15) is 9.90 Å². The minimum Gasteiger partial charge on any atom is -0.477 e. The number of hydrogen-bond acceptors (Lipinski definition) is 4.